The highest BCUT2D eigenvalue weighted by atomic mass is 16.2. The molecule has 6 heteroatoms. The van der Waals surface area contributed by atoms with Crippen LogP contribution in [-0.2, 0) is 17.6 Å². The number of aromatic nitrogens is 2. The van der Waals surface area contributed by atoms with Crippen molar-refractivity contribution in [2.45, 2.75) is 52.0 Å². The standard InChI is InChI=1S/C40H42N4O2/c1-27-31(21-32-22-35(27)39(32,2)3)26-44-37(23-36(45)30-17-15-29(16-18-30)28-11-5-4-6-12-28)43-40(38(44)46,24-33-13-7-9-19-41-33)25-34-14-8-10-20-42-34/h4-20,23,27,31-32,35,43H,21-22,24-26H2,1-3H3/b37-23-. The number of carbonyl (C=O) groups excluding carboxylic acids is 2. The molecule has 234 valence electrons. The molecular formula is C40H42N4O2. The highest BCUT2D eigenvalue weighted by molar-refractivity contribution is 6.06. The topological polar surface area (TPSA) is 75.2 Å². The van der Waals surface area contributed by atoms with Crippen LogP contribution >= 0.6 is 0 Å². The molecule has 1 aliphatic heterocycles. The lowest BCUT2D eigenvalue weighted by molar-refractivity contribution is -0.142. The number of carbonyl (C=O) groups is 2. The summed E-state index contributed by atoms with van der Waals surface area (Å²) in [7, 11) is 0. The average Bonchev–Trinajstić information content (AvgIpc) is 3.31. The molecule has 0 radical (unpaired) electrons. The quantitative estimate of drug-likeness (QED) is 0.161. The molecule has 1 saturated heterocycles. The van der Waals surface area contributed by atoms with Crippen LogP contribution in [0, 0.1) is 29.1 Å². The number of allylic oxidation sites excluding steroid dienone is 1. The number of nitrogens with one attached hydrogen (secondary N) is 1. The van der Waals surface area contributed by atoms with Gasteiger partial charge in [-0.25, -0.2) is 0 Å². The van der Waals surface area contributed by atoms with Crippen molar-refractivity contribution in [1.29, 1.82) is 0 Å². The van der Waals surface area contributed by atoms with E-state index in [9.17, 15) is 9.59 Å². The smallest absolute Gasteiger partial charge is 0.254 e. The molecule has 2 aromatic heterocycles. The Morgan fingerprint density at radius 1 is 0.848 bits per heavy atom. The number of benzene rings is 2. The van der Waals surface area contributed by atoms with E-state index in [2.05, 4.69) is 48.2 Å². The van der Waals surface area contributed by atoms with E-state index in [0.717, 1.165) is 28.9 Å². The maximum absolute atomic E-state index is 14.8. The van der Waals surface area contributed by atoms with E-state index in [1.165, 1.54) is 6.42 Å². The monoisotopic (exact) mass is 610 g/mol. The highest BCUT2D eigenvalue weighted by Crippen LogP contribution is 2.63. The molecule has 1 amide bonds. The SMILES string of the molecule is CC1C(CN2C(=O)C(Cc3ccccn3)(Cc3ccccn3)N/C2=C/C(=O)c2ccc(-c3ccccc3)cc2)CC2CC1C2(C)C. The van der Waals surface area contributed by atoms with Gasteiger partial charge in [0.05, 0.1) is 0 Å². The van der Waals surface area contributed by atoms with Gasteiger partial charge in [-0.15, -0.1) is 0 Å². The molecule has 4 unspecified atom stereocenters. The molecule has 4 atom stereocenters. The zero-order valence-corrected chi connectivity index (χ0v) is 26.9. The van der Waals surface area contributed by atoms with Crippen LogP contribution < -0.4 is 5.32 Å². The Morgan fingerprint density at radius 2 is 1.46 bits per heavy atom. The molecule has 4 aliphatic rings. The molecule has 1 N–H and O–H groups in total. The summed E-state index contributed by atoms with van der Waals surface area (Å²) in [6.45, 7) is 7.75. The summed E-state index contributed by atoms with van der Waals surface area (Å²) in [6.07, 6.45) is 8.30. The van der Waals surface area contributed by atoms with E-state index < -0.39 is 5.54 Å². The van der Waals surface area contributed by atoms with Crippen molar-refractivity contribution >= 4 is 11.7 Å². The number of rotatable bonds is 9. The van der Waals surface area contributed by atoms with E-state index >= 15 is 0 Å². The average molecular weight is 611 g/mol. The first-order valence-corrected chi connectivity index (χ1v) is 16.5. The number of hydrogen-bond donors (Lipinski definition) is 1. The Balaban J connectivity index is 1.24. The number of ketones is 1. The van der Waals surface area contributed by atoms with Gasteiger partial charge < -0.3 is 5.32 Å². The van der Waals surface area contributed by atoms with Gasteiger partial charge in [-0.05, 0) is 77.3 Å². The van der Waals surface area contributed by atoms with Crippen molar-refractivity contribution < 1.29 is 9.59 Å². The number of fused-ring (bicyclic) bond motifs is 2. The van der Waals surface area contributed by atoms with Gasteiger partial charge in [-0.1, -0.05) is 87.5 Å². The molecule has 2 bridgehead atoms. The Morgan fingerprint density at radius 3 is 2.02 bits per heavy atom. The third kappa shape index (κ3) is 5.55. The van der Waals surface area contributed by atoms with Crippen LogP contribution in [-0.4, -0.2) is 38.6 Å². The summed E-state index contributed by atoms with van der Waals surface area (Å²) in [6, 6.07) is 29.4. The van der Waals surface area contributed by atoms with Crippen LogP contribution in [0.15, 0.2) is 115 Å². The van der Waals surface area contributed by atoms with Gasteiger partial charge in [0.15, 0.2) is 5.78 Å². The van der Waals surface area contributed by atoms with E-state index in [0.29, 0.717) is 59.9 Å². The fraction of sp³-hybridized carbons (Fsp3) is 0.350. The number of amides is 1. The molecule has 3 heterocycles. The van der Waals surface area contributed by atoms with Crippen molar-refractivity contribution in [3.05, 3.63) is 132 Å². The Kier molecular flexibility index (Phi) is 7.83. The maximum Gasteiger partial charge on any atom is 0.254 e. The van der Waals surface area contributed by atoms with Crippen LogP contribution in [0.5, 0.6) is 0 Å². The molecule has 46 heavy (non-hydrogen) atoms. The van der Waals surface area contributed by atoms with E-state index in [4.69, 9.17) is 0 Å². The molecule has 6 nitrogen and oxygen atoms in total. The third-order valence-electron chi connectivity index (χ3n) is 11.2. The van der Waals surface area contributed by atoms with E-state index in [1.807, 2.05) is 83.8 Å². The summed E-state index contributed by atoms with van der Waals surface area (Å²) >= 11 is 0. The zero-order chi connectivity index (χ0) is 31.9. The van der Waals surface area contributed by atoms with Crippen molar-refractivity contribution in [1.82, 2.24) is 20.2 Å². The molecular weight excluding hydrogens is 568 g/mol. The molecule has 3 saturated carbocycles. The van der Waals surface area contributed by atoms with Crippen molar-refractivity contribution in [3.8, 4) is 11.1 Å². The number of hydrogen-bond acceptors (Lipinski definition) is 5. The number of pyridine rings is 2. The first kappa shape index (κ1) is 30.1. The summed E-state index contributed by atoms with van der Waals surface area (Å²) in [5.74, 6) is 2.61. The highest BCUT2D eigenvalue weighted by Gasteiger charge is 2.57. The maximum atomic E-state index is 14.8. The Labute approximate surface area is 272 Å². The van der Waals surface area contributed by atoms with Crippen LogP contribution in [0.3, 0.4) is 0 Å². The van der Waals surface area contributed by atoms with Gasteiger partial charge in [0.1, 0.15) is 11.4 Å². The predicted octanol–water partition coefficient (Wildman–Crippen LogP) is 7.14. The van der Waals surface area contributed by atoms with Gasteiger partial charge in [-0.2, -0.15) is 0 Å². The largest absolute Gasteiger partial charge is 0.356 e. The zero-order valence-electron chi connectivity index (χ0n) is 26.9. The molecule has 4 fully saturated rings. The molecule has 2 aromatic carbocycles. The van der Waals surface area contributed by atoms with Crippen LogP contribution in [0.1, 0.15) is 55.4 Å². The Bertz CT molecular complexity index is 1690. The first-order chi connectivity index (χ1) is 22.2. The minimum Gasteiger partial charge on any atom is -0.356 e. The normalized spacial score (nSPS) is 25.2. The van der Waals surface area contributed by atoms with E-state index in [1.54, 1.807) is 18.5 Å². The van der Waals surface area contributed by atoms with Crippen LogP contribution in [0.25, 0.3) is 11.1 Å². The fourth-order valence-corrected chi connectivity index (χ4v) is 8.35. The lowest BCUT2D eigenvalue weighted by Crippen LogP contribution is -2.57. The van der Waals surface area contributed by atoms with Gasteiger partial charge in [0.25, 0.3) is 5.91 Å². The fourth-order valence-electron chi connectivity index (χ4n) is 8.35. The summed E-state index contributed by atoms with van der Waals surface area (Å²) < 4.78 is 0. The van der Waals surface area contributed by atoms with Crippen LogP contribution in [0.2, 0.25) is 0 Å². The second-order valence-electron chi connectivity index (χ2n) is 14.2. The summed E-state index contributed by atoms with van der Waals surface area (Å²) in [5, 5.41) is 3.62. The second-order valence-corrected chi connectivity index (χ2v) is 14.2. The number of nitrogens with zero attached hydrogens (tertiary/aromatic N) is 3. The van der Waals surface area contributed by atoms with Gasteiger partial charge in [0, 0.05) is 54.8 Å². The van der Waals surface area contributed by atoms with Crippen molar-refractivity contribution in [2.75, 3.05) is 6.54 Å². The molecule has 4 aromatic rings. The van der Waals surface area contributed by atoms with Gasteiger partial charge in [0.2, 0.25) is 0 Å². The van der Waals surface area contributed by atoms with Crippen molar-refractivity contribution in [2.24, 2.45) is 29.1 Å². The molecule has 8 rings (SSSR count). The van der Waals surface area contributed by atoms with Gasteiger partial charge in [-0.3, -0.25) is 24.5 Å². The lowest BCUT2D eigenvalue weighted by Gasteiger charge is -2.62. The summed E-state index contributed by atoms with van der Waals surface area (Å²) in [5.41, 5.74) is 3.71. The van der Waals surface area contributed by atoms with Gasteiger partial charge >= 0.3 is 0 Å². The minimum atomic E-state index is -1.02. The molecule has 0 spiro atoms. The second kappa shape index (κ2) is 12.0. The predicted molar refractivity (Wildman–Crippen MR) is 180 cm³/mol. The van der Waals surface area contributed by atoms with Crippen molar-refractivity contribution in [3.63, 3.8) is 0 Å². The molecule has 3 aliphatic carbocycles. The third-order valence-corrected chi connectivity index (χ3v) is 11.2. The first-order valence-electron chi connectivity index (χ1n) is 16.5. The Hall–Kier alpha value is -4.58. The summed E-state index contributed by atoms with van der Waals surface area (Å²) in [4.78, 5) is 39.7. The van der Waals surface area contributed by atoms with Crippen LogP contribution in [0.4, 0.5) is 0 Å². The lowest BCUT2D eigenvalue weighted by atomic mass is 9.43. The minimum absolute atomic E-state index is 0.0204. The van der Waals surface area contributed by atoms with E-state index in [-0.39, 0.29) is 11.7 Å².